The number of aromatic amines is 2. The number of hydrogen-bond acceptors (Lipinski definition) is 4. The lowest BCUT2D eigenvalue weighted by Gasteiger charge is -2.02. The standard InChI is InChI=1S/C22H16N4O2/c27-22(28-13-14-4-2-1-3-5-14)20-11-16-10-17-19(12-18(16)24-20)25-26-21(17)15-6-8-23-9-7-15/h1-12,24H,13H2,(H,25,26). The van der Waals surface area contributed by atoms with Gasteiger partial charge in [-0.05, 0) is 35.9 Å². The number of aromatic nitrogens is 4. The zero-order valence-corrected chi connectivity index (χ0v) is 14.8. The summed E-state index contributed by atoms with van der Waals surface area (Å²) in [6.07, 6.45) is 3.48. The molecule has 3 heterocycles. The zero-order chi connectivity index (χ0) is 18.9. The number of hydrogen-bond donors (Lipinski definition) is 2. The molecule has 0 bridgehead atoms. The van der Waals surface area contributed by atoms with Gasteiger partial charge in [0.25, 0.3) is 0 Å². The molecule has 0 aliphatic rings. The van der Waals surface area contributed by atoms with Crippen LogP contribution in [0.25, 0.3) is 33.1 Å². The van der Waals surface area contributed by atoms with E-state index in [-0.39, 0.29) is 12.6 Å². The molecule has 3 aromatic heterocycles. The monoisotopic (exact) mass is 368 g/mol. The van der Waals surface area contributed by atoms with Crippen LogP contribution in [-0.2, 0) is 11.3 Å². The van der Waals surface area contributed by atoms with Gasteiger partial charge >= 0.3 is 5.97 Å². The normalized spacial score (nSPS) is 11.1. The molecule has 0 radical (unpaired) electrons. The molecule has 136 valence electrons. The van der Waals surface area contributed by atoms with E-state index in [4.69, 9.17) is 4.74 Å². The fourth-order valence-corrected chi connectivity index (χ4v) is 3.29. The minimum absolute atomic E-state index is 0.242. The Morgan fingerprint density at radius 3 is 2.61 bits per heavy atom. The van der Waals surface area contributed by atoms with Crippen LogP contribution in [0.3, 0.4) is 0 Å². The number of rotatable bonds is 4. The van der Waals surface area contributed by atoms with Gasteiger partial charge in [-0.2, -0.15) is 5.10 Å². The lowest BCUT2D eigenvalue weighted by Crippen LogP contribution is -2.05. The topological polar surface area (TPSA) is 83.7 Å². The Hall–Kier alpha value is -3.93. The van der Waals surface area contributed by atoms with Crippen molar-refractivity contribution in [3.63, 3.8) is 0 Å². The van der Waals surface area contributed by atoms with Crippen LogP contribution in [-0.4, -0.2) is 26.1 Å². The number of nitrogens with zero attached hydrogens (tertiary/aromatic N) is 2. The van der Waals surface area contributed by atoms with E-state index < -0.39 is 0 Å². The van der Waals surface area contributed by atoms with Crippen LogP contribution < -0.4 is 0 Å². The molecule has 0 unspecified atom stereocenters. The summed E-state index contributed by atoms with van der Waals surface area (Å²) in [6.45, 7) is 0.242. The van der Waals surface area contributed by atoms with E-state index in [9.17, 15) is 4.79 Å². The Bertz CT molecular complexity index is 1270. The quantitative estimate of drug-likeness (QED) is 0.459. The fraction of sp³-hybridized carbons (Fsp3) is 0.0455. The Morgan fingerprint density at radius 1 is 0.964 bits per heavy atom. The van der Waals surface area contributed by atoms with Crippen LogP contribution in [0.1, 0.15) is 16.1 Å². The summed E-state index contributed by atoms with van der Waals surface area (Å²) in [5, 5.41) is 9.40. The molecule has 2 N–H and O–H groups in total. The second kappa shape index (κ2) is 6.66. The minimum atomic E-state index is -0.379. The van der Waals surface area contributed by atoms with Gasteiger partial charge in [-0.25, -0.2) is 4.79 Å². The summed E-state index contributed by atoms with van der Waals surface area (Å²) in [5.41, 5.74) is 4.96. The van der Waals surface area contributed by atoms with Gasteiger partial charge in [0.2, 0.25) is 0 Å². The summed E-state index contributed by atoms with van der Waals surface area (Å²) in [5.74, 6) is -0.379. The summed E-state index contributed by atoms with van der Waals surface area (Å²) in [4.78, 5) is 19.6. The van der Waals surface area contributed by atoms with Crippen molar-refractivity contribution in [2.24, 2.45) is 0 Å². The van der Waals surface area contributed by atoms with E-state index in [2.05, 4.69) is 20.2 Å². The van der Waals surface area contributed by atoms with Crippen molar-refractivity contribution in [3.8, 4) is 11.3 Å². The van der Waals surface area contributed by atoms with E-state index in [1.165, 1.54) is 0 Å². The van der Waals surface area contributed by atoms with Gasteiger partial charge in [0.15, 0.2) is 0 Å². The molecule has 0 fully saturated rings. The molecular formula is C22H16N4O2. The van der Waals surface area contributed by atoms with Crippen LogP contribution in [0.2, 0.25) is 0 Å². The Kier molecular flexibility index (Phi) is 3.87. The maximum atomic E-state index is 12.4. The lowest BCUT2D eigenvalue weighted by atomic mass is 10.1. The maximum absolute atomic E-state index is 12.4. The van der Waals surface area contributed by atoms with Crippen molar-refractivity contribution >= 4 is 27.8 Å². The third-order valence-electron chi connectivity index (χ3n) is 4.69. The number of pyridine rings is 1. The summed E-state index contributed by atoms with van der Waals surface area (Å²) in [6, 6.07) is 19.2. The molecule has 0 aliphatic carbocycles. The molecule has 0 saturated heterocycles. The third kappa shape index (κ3) is 2.91. The molecule has 0 aliphatic heterocycles. The van der Waals surface area contributed by atoms with Gasteiger partial charge in [-0.3, -0.25) is 10.1 Å². The highest BCUT2D eigenvalue weighted by Gasteiger charge is 2.14. The molecule has 0 amide bonds. The first kappa shape index (κ1) is 16.3. The second-order valence-electron chi connectivity index (χ2n) is 6.54. The first-order valence-corrected chi connectivity index (χ1v) is 8.90. The van der Waals surface area contributed by atoms with Crippen LogP contribution in [0.15, 0.2) is 73.1 Å². The number of esters is 1. The SMILES string of the molecule is O=C(OCc1ccccc1)c1cc2cc3c(-c4ccncc4)n[nH]c3cc2[nH]1. The summed E-state index contributed by atoms with van der Waals surface area (Å²) in [7, 11) is 0. The number of benzene rings is 2. The number of nitrogens with one attached hydrogen (secondary N) is 2. The molecule has 0 saturated carbocycles. The Labute approximate surface area is 160 Å². The second-order valence-corrected chi connectivity index (χ2v) is 6.54. The average molecular weight is 368 g/mol. The molecule has 6 nitrogen and oxygen atoms in total. The highest BCUT2D eigenvalue weighted by molar-refractivity contribution is 6.04. The summed E-state index contributed by atoms with van der Waals surface area (Å²) >= 11 is 0. The summed E-state index contributed by atoms with van der Waals surface area (Å²) < 4.78 is 5.42. The first-order chi connectivity index (χ1) is 13.8. The van der Waals surface area contributed by atoms with Crippen molar-refractivity contribution in [2.75, 3.05) is 0 Å². The van der Waals surface area contributed by atoms with Crippen LogP contribution in [0, 0.1) is 0 Å². The van der Waals surface area contributed by atoms with Gasteiger partial charge < -0.3 is 9.72 Å². The predicted molar refractivity (Wildman–Crippen MR) is 107 cm³/mol. The number of fused-ring (bicyclic) bond motifs is 2. The van der Waals surface area contributed by atoms with Crippen molar-refractivity contribution in [3.05, 3.63) is 84.3 Å². The maximum Gasteiger partial charge on any atom is 0.355 e. The lowest BCUT2D eigenvalue weighted by molar-refractivity contribution is 0.0467. The Balaban J connectivity index is 1.46. The van der Waals surface area contributed by atoms with Crippen LogP contribution >= 0.6 is 0 Å². The number of carbonyl (C=O) groups is 1. The number of ether oxygens (including phenoxy) is 1. The van der Waals surface area contributed by atoms with E-state index in [0.29, 0.717) is 5.69 Å². The van der Waals surface area contributed by atoms with Gasteiger partial charge in [0, 0.05) is 34.2 Å². The van der Waals surface area contributed by atoms with Gasteiger partial charge in [-0.15, -0.1) is 0 Å². The molecular weight excluding hydrogens is 352 g/mol. The average Bonchev–Trinajstić information content (AvgIpc) is 3.35. The zero-order valence-electron chi connectivity index (χ0n) is 14.8. The van der Waals surface area contributed by atoms with E-state index in [1.807, 2.05) is 60.7 Å². The van der Waals surface area contributed by atoms with Crippen molar-refractivity contribution in [1.29, 1.82) is 0 Å². The van der Waals surface area contributed by atoms with Crippen LogP contribution in [0.5, 0.6) is 0 Å². The van der Waals surface area contributed by atoms with Crippen molar-refractivity contribution in [2.45, 2.75) is 6.61 Å². The fourth-order valence-electron chi connectivity index (χ4n) is 3.29. The minimum Gasteiger partial charge on any atom is -0.456 e. The van der Waals surface area contributed by atoms with E-state index in [1.54, 1.807) is 12.4 Å². The van der Waals surface area contributed by atoms with Crippen molar-refractivity contribution in [1.82, 2.24) is 20.2 Å². The molecule has 5 aromatic rings. The number of H-pyrrole nitrogens is 2. The van der Waals surface area contributed by atoms with E-state index in [0.717, 1.165) is 38.6 Å². The van der Waals surface area contributed by atoms with Gasteiger partial charge in [0.1, 0.15) is 18.0 Å². The van der Waals surface area contributed by atoms with Gasteiger partial charge in [0.05, 0.1) is 5.52 Å². The highest BCUT2D eigenvalue weighted by Crippen LogP contribution is 2.30. The van der Waals surface area contributed by atoms with Gasteiger partial charge in [-0.1, -0.05) is 30.3 Å². The van der Waals surface area contributed by atoms with Crippen molar-refractivity contribution < 1.29 is 9.53 Å². The first-order valence-electron chi connectivity index (χ1n) is 8.90. The third-order valence-corrected chi connectivity index (χ3v) is 4.69. The smallest absolute Gasteiger partial charge is 0.355 e. The Morgan fingerprint density at radius 2 is 1.79 bits per heavy atom. The predicted octanol–water partition coefficient (Wildman–Crippen LogP) is 4.46. The molecule has 0 spiro atoms. The molecule has 28 heavy (non-hydrogen) atoms. The molecule has 0 atom stereocenters. The molecule has 5 rings (SSSR count). The van der Waals surface area contributed by atoms with E-state index >= 15 is 0 Å². The molecule has 2 aromatic carbocycles. The van der Waals surface area contributed by atoms with Crippen LogP contribution in [0.4, 0.5) is 0 Å². The largest absolute Gasteiger partial charge is 0.456 e. The molecule has 6 heteroatoms. The highest BCUT2D eigenvalue weighted by atomic mass is 16.5. The number of carbonyl (C=O) groups excluding carboxylic acids is 1.